The fourth-order valence-corrected chi connectivity index (χ4v) is 7.58. The van der Waals surface area contributed by atoms with Crippen molar-refractivity contribution in [2.24, 2.45) is 0 Å². The second-order valence-corrected chi connectivity index (χ2v) is 15.0. The maximum absolute atomic E-state index is 13.1. The summed E-state index contributed by atoms with van der Waals surface area (Å²) < 4.78 is 46.4. The molecule has 0 bridgehead atoms. The number of imidazole rings is 1. The van der Waals surface area contributed by atoms with Gasteiger partial charge in [0.25, 0.3) is 5.56 Å². The lowest BCUT2D eigenvalue weighted by Gasteiger charge is -2.21. The van der Waals surface area contributed by atoms with Crippen LogP contribution in [0.1, 0.15) is 17.4 Å². The molecule has 0 amide bonds. The Labute approximate surface area is 294 Å². The van der Waals surface area contributed by atoms with E-state index in [2.05, 4.69) is 38.3 Å². The van der Waals surface area contributed by atoms with Crippen molar-refractivity contribution in [1.82, 2.24) is 34.5 Å². The Morgan fingerprint density at radius 3 is 2.47 bits per heavy atom. The van der Waals surface area contributed by atoms with Gasteiger partial charge in [0.15, 0.2) is 29.8 Å². The van der Waals surface area contributed by atoms with E-state index in [9.17, 15) is 53.7 Å². The standard InChI is InChI=1S/C27H31N9O15P2/c1-10-3-12-13(4-11(10)2)35(24-18(32-12)25(42)34-27(43)33-24)5-14(37)19(39)15(38)6-48-52(44,45)51-53(46,47)49-7-16-20(40)21(41)26(50-16)36-9-31-17-22(28)29-8-30-23(17)36/h3-4,8-9,15-16,19-21,26,38-41H,5-7H2,1-2H3,(H5,28,29,30,34,42,43,44,45,46,47)/p+1/t15-,16-,19+,20-,21-,26-/m1/s1. The summed E-state index contributed by atoms with van der Waals surface area (Å²) in [7, 11) is -11.1. The van der Waals surface area contributed by atoms with Gasteiger partial charge in [-0.1, -0.05) is 0 Å². The summed E-state index contributed by atoms with van der Waals surface area (Å²) in [5.74, 6) is -1.09. The van der Waals surface area contributed by atoms with Crippen molar-refractivity contribution in [3.05, 3.63) is 56.8 Å². The summed E-state index contributed by atoms with van der Waals surface area (Å²) in [5.41, 5.74) is 5.95. The first-order chi connectivity index (χ1) is 24.9. The molecule has 1 saturated heterocycles. The van der Waals surface area contributed by atoms with Crippen LogP contribution in [0, 0.1) is 13.8 Å². The fraction of sp³-hybridized carbons (Fsp3) is 0.407. The van der Waals surface area contributed by atoms with Crippen LogP contribution in [0.3, 0.4) is 0 Å². The number of phosphoric ester groups is 2. The molecule has 24 nitrogen and oxygen atoms in total. The zero-order chi connectivity index (χ0) is 38.6. The van der Waals surface area contributed by atoms with Crippen LogP contribution in [0.4, 0.5) is 5.82 Å². The van der Waals surface area contributed by atoms with Crippen LogP contribution in [0.2, 0.25) is 0 Å². The number of aryl methyl sites for hydroxylation is 2. The lowest BCUT2D eigenvalue weighted by molar-refractivity contribution is -0.634. The van der Waals surface area contributed by atoms with E-state index < -0.39 is 89.2 Å². The van der Waals surface area contributed by atoms with Crippen LogP contribution in [0.15, 0.2) is 34.4 Å². The summed E-state index contributed by atoms with van der Waals surface area (Å²) in [4.78, 5) is 78.4. The van der Waals surface area contributed by atoms with Crippen LogP contribution in [0.5, 0.6) is 0 Å². The summed E-state index contributed by atoms with van der Waals surface area (Å²) in [6.07, 6.45) is -8.34. The van der Waals surface area contributed by atoms with E-state index in [4.69, 9.17) is 10.5 Å². The Hall–Kier alpha value is -4.42. The lowest BCUT2D eigenvalue weighted by Crippen LogP contribution is -2.48. The van der Waals surface area contributed by atoms with Gasteiger partial charge >= 0.3 is 27.0 Å². The maximum Gasteiger partial charge on any atom is 0.481 e. The molecular weight excluding hydrogens is 752 g/mol. The number of Topliss-reactive ketones (excluding diaryl/α,β-unsaturated/α-hetero) is 1. The number of anilines is 1. The highest BCUT2D eigenvalue weighted by Crippen LogP contribution is 2.60. The highest BCUT2D eigenvalue weighted by molar-refractivity contribution is 7.61. The van der Waals surface area contributed by atoms with Crippen molar-refractivity contribution in [3.8, 4) is 0 Å². The number of nitrogens with two attached hydrogens (primary N) is 1. The number of carbonyl (C=O) groups excluding carboxylic acids is 1. The van der Waals surface area contributed by atoms with E-state index in [1.807, 2.05) is 4.98 Å². The molecule has 1 aromatic carbocycles. The van der Waals surface area contributed by atoms with Crippen molar-refractivity contribution < 1.29 is 66.8 Å². The molecule has 8 atom stereocenters. The number of rotatable bonds is 13. The number of aromatic nitrogens is 8. The van der Waals surface area contributed by atoms with Gasteiger partial charge in [-0.3, -0.25) is 28.2 Å². The van der Waals surface area contributed by atoms with E-state index in [0.29, 0.717) is 0 Å². The average molecular weight is 785 g/mol. The Bertz CT molecular complexity index is 2460. The van der Waals surface area contributed by atoms with E-state index in [1.54, 1.807) is 26.0 Å². The summed E-state index contributed by atoms with van der Waals surface area (Å²) in [5, 5.41) is 42.0. The van der Waals surface area contributed by atoms with Gasteiger partial charge in [-0.25, -0.2) is 38.4 Å². The minimum absolute atomic E-state index is 0.0262. The van der Waals surface area contributed by atoms with Crippen LogP contribution < -0.4 is 21.5 Å². The first kappa shape index (κ1) is 38.3. The SMILES string of the molecule is Cc1cc2nc3c(=O)[nH]c(=O)[nH]c3[n+](CC(=O)[C@H](O)[C@H](O)COP(=O)(O)OP(=O)(O)OC[C@H]3O[C@@H](n4cnc5c(N)ncnc54)[C@H](O)[C@@H]3O)c2cc1C. The van der Waals surface area contributed by atoms with Gasteiger partial charge in [0.1, 0.15) is 47.9 Å². The van der Waals surface area contributed by atoms with Crippen molar-refractivity contribution in [1.29, 1.82) is 0 Å². The first-order valence-corrected chi connectivity index (χ1v) is 18.3. The molecule has 5 heterocycles. The zero-order valence-electron chi connectivity index (χ0n) is 27.4. The molecule has 5 aromatic rings. The summed E-state index contributed by atoms with van der Waals surface area (Å²) in [6, 6.07) is 3.26. The van der Waals surface area contributed by atoms with Crippen LogP contribution in [-0.4, -0.2) is 114 Å². The third kappa shape index (κ3) is 7.80. The molecular formula is C27H32N9O15P2+. The number of hydrogen-bond acceptors (Lipinski definition) is 18. The number of phosphoric acid groups is 2. The summed E-state index contributed by atoms with van der Waals surface area (Å²) >= 11 is 0. The number of fused-ring (bicyclic) bond motifs is 3. The van der Waals surface area contributed by atoms with Crippen LogP contribution >= 0.6 is 15.6 Å². The molecule has 53 heavy (non-hydrogen) atoms. The second-order valence-electron chi connectivity index (χ2n) is 11.9. The molecule has 2 unspecified atom stereocenters. The topological polar surface area (TPSA) is 362 Å². The van der Waals surface area contributed by atoms with Crippen molar-refractivity contribution >= 4 is 60.6 Å². The number of nitrogen functional groups attached to an aromatic ring is 1. The van der Waals surface area contributed by atoms with Gasteiger partial charge in [0.2, 0.25) is 11.3 Å². The Balaban J connectivity index is 1.08. The van der Waals surface area contributed by atoms with Gasteiger partial charge < -0.3 is 40.7 Å². The predicted molar refractivity (Wildman–Crippen MR) is 175 cm³/mol. The number of carbonyl (C=O) groups is 1. The van der Waals surface area contributed by atoms with Crippen molar-refractivity contribution in [2.75, 3.05) is 18.9 Å². The van der Waals surface area contributed by atoms with Gasteiger partial charge in [-0.05, 0) is 37.1 Å². The molecule has 10 N–H and O–H groups in total. The lowest BCUT2D eigenvalue weighted by atomic mass is 10.1. The van der Waals surface area contributed by atoms with E-state index >= 15 is 0 Å². The molecule has 284 valence electrons. The van der Waals surface area contributed by atoms with Crippen molar-refractivity contribution in [3.63, 3.8) is 0 Å². The predicted octanol–water partition coefficient (Wildman–Crippen LogP) is -2.75. The Kier molecular flexibility index (Phi) is 10.4. The normalized spacial score (nSPS) is 22.6. The second kappa shape index (κ2) is 14.4. The van der Waals surface area contributed by atoms with E-state index in [0.717, 1.165) is 17.5 Å². The van der Waals surface area contributed by atoms with Gasteiger partial charge in [-0.15, -0.1) is 0 Å². The molecule has 1 fully saturated rings. The number of aliphatic hydroxyl groups is 4. The van der Waals surface area contributed by atoms with Gasteiger partial charge in [-0.2, -0.15) is 9.29 Å². The molecule has 26 heteroatoms. The Morgan fingerprint density at radius 1 is 1.04 bits per heavy atom. The number of ether oxygens (including phenoxy) is 1. The summed E-state index contributed by atoms with van der Waals surface area (Å²) in [6.45, 7) is 0.548. The van der Waals surface area contributed by atoms with Crippen LogP contribution in [-0.2, 0) is 38.6 Å². The minimum atomic E-state index is -5.57. The van der Waals surface area contributed by atoms with Gasteiger partial charge in [0.05, 0.1) is 19.5 Å². The smallest absolute Gasteiger partial charge is 0.388 e. The molecule has 0 aliphatic carbocycles. The monoisotopic (exact) mass is 784 g/mol. The largest absolute Gasteiger partial charge is 0.481 e. The Morgan fingerprint density at radius 2 is 1.74 bits per heavy atom. The molecule has 0 saturated carbocycles. The van der Waals surface area contributed by atoms with E-state index in [1.165, 1.54) is 15.5 Å². The third-order valence-corrected chi connectivity index (χ3v) is 10.9. The number of nitrogens with zero attached hydrogens (tertiary/aromatic N) is 6. The molecule has 6 rings (SSSR count). The maximum atomic E-state index is 13.1. The average Bonchev–Trinajstić information content (AvgIpc) is 3.63. The molecule has 4 aromatic heterocycles. The quantitative estimate of drug-likeness (QED) is 0.0332. The molecule has 1 aliphatic heterocycles. The molecule has 1 aliphatic rings. The van der Waals surface area contributed by atoms with E-state index in [-0.39, 0.29) is 39.2 Å². The van der Waals surface area contributed by atoms with Crippen LogP contribution in [0.25, 0.3) is 33.4 Å². The minimum Gasteiger partial charge on any atom is -0.388 e. The fourth-order valence-electron chi connectivity index (χ4n) is 5.49. The first-order valence-electron chi connectivity index (χ1n) is 15.3. The van der Waals surface area contributed by atoms with Crippen molar-refractivity contribution in [2.45, 2.75) is 57.1 Å². The highest BCUT2D eigenvalue weighted by Gasteiger charge is 2.46. The zero-order valence-corrected chi connectivity index (χ0v) is 29.2. The number of aliphatic hydroxyl groups excluding tert-OH is 4. The molecule has 0 spiro atoms. The highest BCUT2D eigenvalue weighted by atomic mass is 31.3. The number of ketones is 1. The number of nitrogens with one attached hydrogen (secondary N) is 2. The third-order valence-electron chi connectivity index (χ3n) is 8.31. The number of aromatic amines is 2. The van der Waals surface area contributed by atoms with Gasteiger partial charge in [0, 0.05) is 0 Å². The molecule has 0 radical (unpaired) electrons. The number of H-pyrrole nitrogens is 2. The number of hydrogen-bond donors (Lipinski definition) is 9. The number of benzene rings is 1.